The molecule has 5 nitrogen and oxygen atoms in total. The van der Waals surface area contributed by atoms with Crippen LogP contribution >= 0.6 is 11.3 Å². The van der Waals surface area contributed by atoms with Crippen LogP contribution in [-0.2, 0) is 11.3 Å². The third kappa shape index (κ3) is 3.74. The first-order valence-corrected chi connectivity index (χ1v) is 6.00. The molecule has 1 aromatic heterocycles. The number of hydrogen-bond acceptors (Lipinski definition) is 3. The van der Waals surface area contributed by atoms with Crippen molar-refractivity contribution in [1.82, 2.24) is 10.2 Å². The molecule has 0 unspecified atom stereocenters. The van der Waals surface area contributed by atoms with Crippen molar-refractivity contribution in [3.8, 4) is 0 Å². The fourth-order valence-corrected chi connectivity index (χ4v) is 1.88. The molecule has 17 heavy (non-hydrogen) atoms. The van der Waals surface area contributed by atoms with E-state index in [2.05, 4.69) is 5.32 Å². The Balaban J connectivity index is 2.56. The van der Waals surface area contributed by atoms with E-state index in [4.69, 9.17) is 5.11 Å². The van der Waals surface area contributed by atoms with Gasteiger partial charge in [-0.1, -0.05) is 6.07 Å². The molecule has 1 heterocycles. The predicted octanol–water partition coefficient (Wildman–Crippen LogP) is 1.75. The van der Waals surface area contributed by atoms with Crippen LogP contribution in [0.1, 0.15) is 18.7 Å². The Morgan fingerprint density at radius 3 is 2.65 bits per heavy atom. The molecule has 1 aromatic rings. The van der Waals surface area contributed by atoms with Crippen LogP contribution in [0.4, 0.5) is 4.79 Å². The number of thiophene rings is 1. The molecular formula is C11H16N2O3S. The molecule has 0 aromatic carbocycles. The molecule has 0 bridgehead atoms. The highest BCUT2D eigenvalue weighted by atomic mass is 32.1. The van der Waals surface area contributed by atoms with Crippen LogP contribution in [0, 0.1) is 0 Å². The van der Waals surface area contributed by atoms with Crippen LogP contribution in [0.15, 0.2) is 17.5 Å². The Morgan fingerprint density at radius 1 is 1.53 bits per heavy atom. The monoisotopic (exact) mass is 256 g/mol. The number of nitrogens with zero attached hydrogens (tertiary/aromatic N) is 1. The summed E-state index contributed by atoms with van der Waals surface area (Å²) in [5.41, 5.74) is -1.26. The number of rotatable bonds is 4. The van der Waals surface area contributed by atoms with Gasteiger partial charge in [0.25, 0.3) is 0 Å². The summed E-state index contributed by atoms with van der Waals surface area (Å²) >= 11 is 1.55. The lowest BCUT2D eigenvalue weighted by atomic mass is 10.1. The first-order valence-electron chi connectivity index (χ1n) is 5.12. The Morgan fingerprint density at radius 2 is 2.18 bits per heavy atom. The summed E-state index contributed by atoms with van der Waals surface area (Å²) in [7, 11) is 1.63. The summed E-state index contributed by atoms with van der Waals surface area (Å²) in [5.74, 6) is -1.06. The summed E-state index contributed by atoms with van der Waals surface area (Å²) in [6, 6.07) is 3.44. The van der Waals surface area contributed by atoms with Crippen molar-refractivity contribution in [2.45, 2.75) is 25.9 Å². The Hall–Kier alpha value is -1.56. The lowest BCUT2D eigenvalue weighted by molar-refractivity contribution is -0.143. The number of urea groups is 1. The minimum atomic E-state index is -1.26. The second-order valence-electron chi connectivity index (χ2n) is 4.30. The summed E-state index contributed by atoms with van der Waals surface area (Å²) in [6.07, 6.45) is 0. The fraction of sp³-hybridized carbons (Fsp3) is 0.455. The highest BCUT2D eigenvalue weighted by Crippen LogP contribution is 2.11. The van der Waals surface area contributed by atoms with Gasteiger partial charge in [0.05, 0.1) is 6.54 Å². The maximum atomic E-state index is 11.7. The SMILES string of the molecule is CN(Cc1cccs1)C(=O)NC(C)(C)C(=O)O. The van der Waals surface area contributed by atoms with E-state index in [1.807, 2.05) is 17.5 Å². The van der Waals surface area contributed by atoms with E-state index < -0.39 is 17.5 Å². The van der Waals surface area contributed by atoms with Crippen molar-refractivity contribution in [2.75, 3.05) is 7.05 Å². The average molecular weight is 256 g/mol. The number of carbonyl (C=O) groups is 2. The quantitative estimate of drug-likeness (QED) is 0.862. The predicted molar refractivity (Wildman–Crippen MR) is 66.0 cm³/mol. The zero-order valence-corrected chi connectivity index (χ0v) is 10.9. The van der Waals surface area contributed by atoms with Gasteiger partial charge >= 0.3 is 12.0 Å². The molecule has 0 aliphatic heterocycles. The third-order valence-electron chi connectivity index (χ3n) is 2.27. The van der Waals surface area contributed by atoms with E-state index in [-0.39, 0.29) is 0 Å². The van der Waals surface area contributed by atoms with Crippen LogP contribution in [0.3, 0.4) is 0 Å². The standard InChI is InChI=1S/C11H16N2O3S/c1-11(2,9(14)15)12-10(16)13(3)7-8-5-4-6-17-8/h4-6H,7H2,1-3H3,(H,12,16)(H,14,15). The third-order valence-corrected chi connectivity index (χ3v) is 3.14. The van der Waals surface area contributed by atoms with Crippen LogP contribution < -0.4 is 5.32 Å². The van der Waals surface area contributed by atoms with E-state index in [1.54, 1.807) is 18.4 Å². The number of nitrogens with one attached hydrogen (secondary N) is 1. The van der Waals surface area contributed by atoms with E-state index in [1.165, 1.54) is 18.7 Å². The minimum absolute atomic E-state index is 0.397. The lowest BCUT2D eigenvalue weighted by Crippen LogP contribution is -2.53. The molecule has 2 amide bonds. The van der Waals surface area contributed by atoms with Gasteiger partial charge in [-0.25, -0.2) is 9.59 Å². The van der Waals surface area contributed by atoms with Gasteiger partial charge in [-0.2, -0.15) is 0 Å². The van der Waals surface area contributed by atoms with Gasteiger partial charge in [0.1, 0.15) is 5.54 Å². The molecule has 2 N–H and O–H groups in total. The van der Waals surface area contributed by atoms with Crippen molar-refractivity contribution in [2.24, 2.45) is 0 Å². The Bertz CT molecular complexity index is 401. The summed E-state index contributed by atoms with van der Waals surface area (Å²) < 4.78 is 0. The number of amides is 2. The number of carboxylic acids is 1. The molecule has 0 saturated heterocycles. The molecule has 0 radical (unpaired) electrons. The van der Waals surface area contributed by atoms with E-state index in [9.17, 15) is 9.59 Å². The number of carbonyl (C=O) groups excluding carboxylic acids is 1. The molecular weight excluding hydrogens is 240 g/mol. The molecule has 0 aliphatic carbocycles. The zero-order valence-electron chi connectivity index (χ0n) is 10.1. The van der Waals surface area contributed by atoms with Crippen LogP contribution in [-0.4, -0.2) is 34.6 Å². The van der Waals surface area contributed by atoms with E-state index in [0.717, 1.165) is 4.88 Å². The van der Waals surface area contributed by atoms with Crippen molar-refractivity contribution in [3.63, 3.8) is 0 Å². The fourth-order valence-electron chi connectivity index (χ4n) is 1.12. The molecule has 0 saturated carbocycles. The highest BCUT2D eigenvalue weighted by Gasteiger charge is 2.30. The Labute approximate surface area is 104 Å². The van der Waals surface area contributed by atoms with Crippen molar-refractivity contribution in [1.29, 1.82) is 0 Å². The van der Waals surface area contributed by atoms with E-state index >= 15 is 0 Å². The van der Waals surface area contributed by atoms with Gasteiger partial charge < -0.3 is 15.3 Å². The van der Waals surface area contributed by atoms with Crippen LogP contribution in [0.2, 0.25) is 0 Å². The normalized spacial score (nSPS) is 11.0. The van der Waals surface area contributed by atoms with Crippen molar-refractivity contribution >= 4 is 23.3 Å². The Kier molecular flexibility index (Phi) is 4.11. The summed E-state index contributed by atoms with van der Waals surface area (Å²) in [5, 5.41) is 13.3. The van der Waals surface area contributed by atoms with Gasteiger partial charge in [-0.05, 0) is 25.3 Å². The lowest BCUT2D eigenvalue weighted by Gasteiger charge is -2.25. The molecule has 0 fully saturated rings. The molecule has 6 heteroatoms. The van der Waals surface area contributed by atoms with Crippen molar-refractivity contribution in [3.05, 3.63) is 22.4 Å². The van der Waals surface area contributed by atoms with Gasteiger partial charge in [-0.3, -0.25) is 0 Å². The topological polar surface area (TPSA) is 69.6 Å². The minimum Gasteiger partial charge on any atom is -0.480 e. The summed E-state index contributed by atoms with van der Waals surface area (Å²) in [6.45, 7) is 3.37. The molecule has 1 rings (SSSR count). The van der Waals surface area contributed by atoms with Gasteiger partial charge in [0.15, 0.2) is 0 Å². The van der Waals surface area contributed by atoms with Crippen LogP contribution in [0.25, 0.3) is 0 Å². The second-order valence-corrected chi connectivity index (χ2v) is 5.33. The highest BCUT2D eigenvalue weighted by molar-refractivity contribution is 7.09. The maximum Gasteiger partial charge on any atom is 0.328 e. The largest absolute Gasteiger partial charge is 0.480 e. The summed E-state index contributed by atoms with van der Waals surface area (Å²) in [4.78, 5) is 25.1. The van der Waals surface area contributed by atoms with Gasteiger partial charge in [-0.15, -0.1) is 11.3 Å². The first-order chi connectivity index (χ1) is 7.83. The van der Waals surface area contributed by atoms with Crippen LogP contribution in [0.5, 0.6) is 0 Å². The maximum absolute atomic E-state index is 11.7. The number of carboxylic acid groups (broad SMARTS) is 1. The molecule has 0 atom stereocenters. The van der Waals surface area contributed by atoms with E-state index in [0.29, 0.717) is 6.54 Å². The van der Waals surface area contributed by atoms with Gasteiger partial charge in [0.2, 0.25) is 0 Å². The zero-order chi connectivity index (χ0) is 13.1. The van der Waals surface area contributed by atoms with Gasteiger partial charge in [0, 0.05) is 11.9 Å². The van der Waals surface area contributed by atoms with Crippen molar-refractivity contribution < 1.29 is 14.7 Å². The second kappa shape index (κ2) is 5.18. The number of hydrogen-bond donors (Lipinski definition) is 2. The number of aliphatic carboxylic acids is 1. The first kappa shape index (κ1) is 13.5. The molecule has 0 aliphatic rings. The smallest absolute Gasteiger partial charge is 0.328 e. The molecule has 0 spiro atoms. The average Bonchev–Trinajstić information content (AvgIpc) is 2.69. The molecule has 94 valence electrons.